The summed E-state index contributed by atoms with van der Waals surface area (Å²) in [5, 5.41) is 2.97. The van der Waals surface area contributed by atoms with Gasteiger partial charge in [-0.05, 0) is 37.8 Å². The van der Waals surface area contributed by atoms with Crippen LogP contribution in [0.1, 0.15) is 29.8 Å². The number of nitrogens with one attached hydrogen (secondary N) is 1. The Hall–Kier alpha value is -2.34. The van der Waals surface area contributed by atoms with Crippen LogP contribution in [0.15, 0.2) is 30.6 Å². The highest BCUT2D eigenvalue weighted by Crippen LogP contribution is 2.29. The van der Waals surface area contributed by atoms with E-state index in [1.807, 2.05) is 42.4 Å². The molecule has 6 nitrogen and oxygen atoms in total. The van der Waals surface area contributed by atoms with E-state index < -0.39 is 0 Å². The number of imidazole rings is 1. The van der Waals surface area contributed by atoms with Crippen molar-refractivity contribution in [3.8, 4) is 0 Å². The SMILES string of the molecule is Cc1ccc(NC(=O)N2CCn3cnc(COCC4CC4)c3C2)cc1. The predicted molar refractivity (Wildman–Crippen MR) is 95.2 cm³/mol. The average Bonchev–Trinajstić information content (AvgIpc) is 3.36. The molecule has 2 heterocycles. The van der Waals surface area contributed by atoms with Gasteiger partial charge in [-0.2, -0.15) is 0 Å². The number of rotatable bonds is 5. The Morgan fingerprint density at radius 1 is 1.28 bits per heavy atom. The number of benzene rings is 1. The molecule has 0 atom stereocenters. The van der Waals surface area contributed by atoms with E-state index in [2.05, 4.69) is 14.9 Å². The van der Waals surface area contributed by atoms with Crippen molar-refractivity contribution in [3.05, 3.63) is 47.5 Å². The van der Waals surface area contributed by atoms with E-state index in [0.29, 0.717) is 19.7 Å². The molecule has 1 aromatic carbocycles. The second kappa shape index (κ2) is 6.88. The molecule has 0 spiro atoms. The Morgan fingerprint density at radius 3 is 2.84 bits per heavy atom. The van der Waals surface area contributed by atoms with Gasteiger partial charge in [0.05, 0.1) is 30.9 Å². The van der Waals surface area contributed by atoms with Crippen LogP contribution in [-0.4, -0.2) is 33.6 Å². The van der Waals surface area contributed by atoms with Crippen molar-refractivity contribution in [3.63, 3.8) is 0 Å². The van der Waals surface area contributed by atoms with Crippen molar-refractivity contribution in [1.29, 1.82) is 0 Å². The molecule has 1 aliphatic carbocycles. The highest BCUT2D eigenvalue weighted by Gasteiger charge is 2.25. The maximum Gasteiger partial charge on any atom is 0.322 e. The van der Waals surface area contributed by atoms with Gasteiger partial charge in [-0.3, -0.25) is 0 Å². The molecule has 0 unspecified atom stereocenters. The van der Waals surface area contributed by atoms with Crippen molar-refractivity contribution in [2.45, 2.75) is 39.5 Å². The molecule has 1 aliphatic heterocycles. The summed E-state index contributed by atoms with van der Waals surface area (Å²) in [7, 11) is 0. The van der Waals surface area contributed by atoms with Crippen LogP contribution in [0.2, 0.25) is 0 Å². The van der Waals surface area contributed by atoms with Crippen LogP contribution in [0.4, 0.5) is 10.5 Å². The monoisotopic (exact) mass is 340 g/mol. The van der Waals surface area contributed by atoms with Gasteiger partial charge in [-0.1, -0.05) is 17.7 Å². The summed E-state index contributed by atoms with van der Waals surface area (Å²) in [6.07, 6.45) is 4.43. The molecule has 132 valence electrons. The third kappa shape index (κ3) is 3.85. The topological polar surface area (TPSA) is 59.4 Å². The first-order chi connectivity index (χ1) is 12.2. The Morgan fingerprint density at radius 2 is 2.08 bits per heavy atom. The van der Waals surface area contributed by atoms with Crippen LogP contribution in [0.3, 0.4) is 0 Å². The number of fused-ring (bicyclic) bond motifs is 1. The van der Waals surface area contributed by atoms with Gasteiger partial charge >= 0.3 is 6.03 Å². The van der Waals surface area contributed by atoms with E-state index in [1.165, 1.54) is 18.4 Å². The minimum absolute atomic E-state index is 0.0684. The van der Waals surface area contributed by atoms with Crippen LogP contribution in [0.5, 0.6) is 0 Å². The summed E-state index contributed by atoms with van der Waals surface area (Å²) in [6, 6.07) is 7.78. The van der Waals surface area contributed by atoms with Gasteiger partial charge in [0.15, 0.2) is 0 Å². The van der Waals surface area contributed by atoms with E-state index in [9.17, 15) is 4.79 Å². The molecule has 1 aromatic heterocycles. The van der Waals surface area contributed by atoms with Crippen molar-refractivity contribution < 1.29 is 9.53 Å². The Kier molecular flexibility index (Phi) is 4.44. The number of ether oxygens (including phenoxy) is 1. The zero-order chi connectivity index (χ0) is 17.2. The number of aromatic nitrogens is 2. The number of anilines is 1. The first-order valence-corrected chi connectivity index (χ1v) is 8.92. The highest BCUT2D eigenvalue weighted by atomic mass is 16.5. The fraction of sp³-hybridized carbons (Fsp3) is 0.474. The molecule has 4 rings (SSSR count). The van der Waals surface area contributed by atoms with Crippen LogP contribution < -0.4 is 5.32 Å². The van der Waals surface area contributed by atoms with Gasteiger partial charge in [0, 0.05) is 25.4 Å². The van der Waals surface area contributed by atoms with Gasteiger partial charge < -0.3 is 19.5 Å². The normalized spacial score (nSPS) is 16.6. The summed E-state index contributed by atoms with van der Waals surface area (Å²) in [5.74, 6) is 0.746. The molecule has 2 aliphatic rings. The lowest BCUT2D eigenvalue weighted by molar-refractivity contribution is 0.107. The summed E-state index contributed by atoms with van der Waals surface area (Å²) < 4.78 is 7.91. The molecule has 2 aromatic rings. The molecule has 0 saturated heterocycles. The van der Waals surface area contributed by atoms with Crippen LogP contribution >= 0.6 is 0 Å². The van der Waals surface area contributed by atoms with E-state index in [4.69, 9.17) is 4.74 Å². The highest BCUT2D eigenvalue weighted by molar-refractivity contribution is 5.89. The molecule has 1 fully saturated rings. The van der Waals surface area contributed by atoms with Crippen molar-refractivity contribution in [2.24, 2.45) is 5.92 Å². The van der Waals surface area contributed by atoms with Gasteiger partial charge in [0.1, 0.15) is 0 Å². The number of aryl methyl sites for hydroxylation is 1. The summed E-state index contributed by atoms with van der Waals surface area (Å²) in [6.45, 7) is 5.41. The largest absolute Gasteiger partial charge is 0.375 e. The quantitative estimate of drug-likeness (QED) is 0.909. The summed E-state index contributed by atoms with van der Waals surface area (Å²) in [4.78, 5) is 18.9. The minimum Gasteiger partial charge on any atom is -0.375 e. The Balaban J connectivity index is 1.38. The molecule has 1 N–H and O–H groups in total. The standard InChI is InChI=1S/C19H24N4O2/c1-14-2-6-16(7-3-14)21-19(24)22-8-9-23-13-20-17(18(23)10-22)12-25-11-15-4-5-15/h2-3,6-7,13,15H,4-5,8-12H2,1H3,(H,21,24). The molecule has 6 heteroatoms. The average molecular weight is 340 g/mol. The smallest absolute Gasteiger partial charge is 0.322 e. The molecular formula is C19H24N4O2. The van der Waals surface area contributed by atoms with Crippen molar-refractivity contribution in [1.82, 2.24) is 14.5 Å². The fourth-order valence-electron chi connectivity index (χ4n) is 3.05. The number of nitrogens with zero attached hydrogens (tertiary/aromatic N) is 3. The zero-order valence-corrected chi connectivity index (χ0v) is 14.6. The molecule has 0 radical (unpaired) electrons. The van der Waals surface area contributed by atoms with Crippen molar-refractivity contribution in [2.75, 3.05) is 18.5 Å². The summed E-state index contributed by atoms with van der Waals surface area (Å²) in [5.41, 5.74) is 4.04. The third-order valence-corrected chi connectivity index (χ3v) is 4.86. The molecular weight excluding hydrogens is 316 g/mol. The van der Waals surface area contributed by atoms with Crippen LogP contribution in [0, 0.1) is 12.8 Å². The lowest BCUT2D eigenvalue weighted by Crippen LogP contribution is -2.40. The maximum atomic E-state index is 12.6. The maximum absolute atomic E-state index is 12.6. The number of carbonyl (C=O) groups is 1. The van der Waals surface area contributed by atoms with E-state index >= 15 is 0 Å². The van der Waals surface area contributed by atoms with Gasteiger partial charge in [-0.15, -0.1) is 0 Å². The number of carbonyl (C=O) groups excluding carboxylic acids is 1. The Labute approximate surface area is 147 Å². The number of hydrogen-bond acceptors (Lipinski definition) is 3. The number of amides is 2. The van der Waals surface area contributed by atoms with Crippen LogP contribution in [0.25, 0.3) is 0 Å². The first-order valence-electron chi connectivity index (χ1n) is 8.92. The second-order valence-electron chi connectivity index (χ2n) is 7.01. The molecule has 2 amide bonds. The third-order valence-electron chi connectivity index (χ3n) is 4.86. The fourth-order valence-corrected chi connectivity index (χ4v) is 3.05. The zero-order valence-electron chi connectivity index (χ0n) is 14.6. The van der Waals surface area contributed by atoms with Gasteiger partial charge in [-0.25, -0.2) is 9.78 Å². The summed E-state index contributed by atoms with van der Waals surface area (Å²) >= 11 is 0. The van der Waals surface area contributed by atoms with Crippen LogP contribution in [-0.2, 0) is 24.4 Å². The van der Waals surface area contributed by atoms with E-state index in [-0.39, 0.29) is 6.03 Å². The van der Waals surface area contributed by atoms with Gasteiger partial charge in [0.25, 0.3) is 0 Å². The number of urea groups is 1. The van der Waals surface area contributed by atoms with E-state index in [0.717, 1.165) is 36.1 Å². The lowest BCUT2D eigenvalue weighted by atomic mass is 10.2. The predicted octanol–water partition coefficient (Wildman–Crippen LogP) is 3.17. The molecule has 1 saturated carbocycles. The second-order valence-corrected chi connectivity index (χ2v) is 7.01. The lowest BCUT2D eigenvalue weighted by Gasteiger charge is -2.29. The number of hydrogen-bond donors (Lipinski definition) is 1. The molecule has 25 heavy (non-hydrogen) atoms. The minimum atomic E-state index is -0.0684. The Bertz CT molecular complexity index is 749. The molecule has 0 bridgehead atoms. The van der Waals surface area contributed by atoms with Gasteiger partial charge in [0.2, 0.25) is 0 Å². The van der Waals surface area contributed by atoms with Crippen molar-refractivity contribution >= 4 is 11.7 Å². The first kappa shape index (κ1) is 16.1. The van der Waals surface area contributed by atoms with E-state index in [1.54, 1.807) is 0 Å².